The highest BCUT2D eigenvalue weighted by Gasteiger charge is 2.08. The van der Waals surface area contributed by atoms with Gasteiger partial charge in [0.25, 0.3) is 0 Å². The van der Waals surface area contributed by atoms with Gasteiger partial charge < -0.3 is 10.5 Å². The maximum Gasteiger partial charge on any atom is 0.123 e. The van der Waals surface area contributed by atoms with Crippen molar-refractivity contribution in [1.82, 2.24) is 0 Å². The lowest BCUT2D eigenvalue weighted by molar-refractivity contribution is 0.227. The highest BCUT2D eigenvalue weighted by molar-refractivity contribution is 5.96. The number of aryl methyl sites for hydroxylation is 1. The summed E-state index contributed by atoms with van der Waals surface area (Å²) in [6, 6.07) is 15.7. The zero-order valence-corrected chi connectivity index (χ0v) is 11.2. The van der Waals surface area contributed by atoms with E-state index in [1.54, 1.807) is 0 Å². The normalized spacial score (nSPS) is 11.9. The third-order valence-electron chi connectivity index (χ3n) is 3.07. The van der Waals surface area contributed by atoms with Crippen molar-refractivity contribution < 1.29 is 4.74 Å². The highest BCUT2D eigenvalue weighted by atomic mass is 16.5. The van der Waals surface area contributed by atoms with Crippen LogP contribution in [-0.2, 0) is 0 Å². The molecule has 2 rings (SSSR count). The van der Waals surface area contributed by atoms with E-state index in [0.717, 1.165) is 22.4 Å². The van der Waals surface area contributed by atoms with Gasteiger partial charge in [0.05, 0.1) is 0 Å². The molecule has 2 aromatic carbocycles. The third-order valence-corrected chi connectivity index (χ3v) is 3.07. The van der Waals surface area contributed by atoms with Crippen LogP contribution in [0.25, 0.3) is 0 Å². The largest absolute Gasteiger partial charge is 0.486 e. The Morgan fingerprint density at radius 1 is 1.16 bits per heavy atom. The Hall–Kier alpha value is -2.29. The molecule has 3 nitrogen and oxygen atoms in total. The molecule has 2 aromatic rings. The number of rotatable bonds is 4. The Morgan fingerprint density at radius 3 is 2.42 bits per heavy atom. The van der Waals surface area contributed by atoms with Crippen molar-refractivity contribution in [3.05, 3.63) is 65.2 Å². The monoisotopic (exact) mass is 254 g/mol. The van der Waals surface area contributed by atoms with Crippen molar-refractivity contribution in [3.8, 4) is 5.75 Å². The van der Waals surface area contributed by atoms with Crippen molar-refractivity contribution in [3.63, 3.8) is 0 Å². The van der Waals surface area contributed by atoms with Crippen LogP contribution in [0.15, 0.2) is 48.5 Å². The van der Waals surface area contributed by atoms with Crippen LogP contribution < -0.4 is 10.5 Å². The Labute approximate surface area is 113 Å². The molecule has 19 heavy (non-hydrogen) atoms. The van der Waals surface area contributed by atoms with Gasteiger partial charge in [-0.25, -0.2) is 0 Å². The van der Waals surface area contributed by atoms with Gasteiger partial charge in [0, 0.05) is 5.56 Å². The predicted octanol–water partition coefficient (Wildman–Crippen LogP) is 3.42. The molecule has 0 aliphatic carbocycles. The van der Waals surface area contributed by atoms with E-state index < -0.39 is 0 Å². The number of benzene rings is 2. The maximum atomic E-state index is 7.46. The summed E-state index contributed by atoms with van der Waals surface area (Å²) in [7, 11) is 0. The van der Waals surface area contributed by atoms with Crippen LogP contribution in [0.2, 0.25) is 0 Å². The highest BCUT2D eigenvalue weighted by Crippen LogP contribution is 2.23. The fraction of sp³-hybridized carbons (Fsp3) is 0.188. The summed E-state index contributed by atoms with van der Waals surface area (Å²) in [5, 5.41) is 7.46. The Kier molecular flexibility index (Phi) is 3.85. The molecular formula is C16H18N2O. The summed E-state index contributed by atoms with van der Waals surface area (Å²) in [5.41, 5.74) is 8.33. The SMILES string of the molecule is Cc1cc(OC(C)c2ccccc2)ccc1C(=N)N. The van der Waals surface area contributed by atoms with Gasteiger partial charge in [0.2, 0.25) is 0 Å². The molecule has 1 atom stereocenters. The maximum absolute atomic E-state index is 7.46. The van der Waals surface area contributed by atoms with Crippen molar-refractivity contribution in [2.45, 2.75) is 20.0 Å². The number of nitrogen functional groups attached to an aromatic ring is 1. The zero-order valence-electron chi connectivity index (χ0n) is 11.2. The fourth-order valence-corrected chi connectivity index (χ4v) is 2.01. The van der Waals surface area contributed by atoms with Crippen molar-refractivity contribution in [2.75, 3.05) is 0 Å². The minimum absolute atomic E-state index is 0.0104. The lowest BCUT2D eigenvalue weighted by Gasteiger charge is -2.16. The molecule has 0 aliphatic rings. The molecule has 0 heterocycles. The topological polar surface area (TPSA) is 59.1 Å². The number of nitrogens with one attached hydrogen (secondary N) is 1. The van der Waals surface area contributed by atoms with E-state index in [1.165, 1.54) is 0 Å². The first-order valence-electron chi connectivity index (χ1n) is 6.24. The van der Waals surface area contributed by atoms with E-state index in [1.807, 2.05) is 62.4 Å². The zero-order chi connectivity index (χ0) is 13.8. The van der Waals surface area contributed by atoms with Crippen LogP contribution in [0.5, 0.6) is 5.75 Å². The van der Waals surface area contributed by atoms with E-state index in [9.17, 15) is 0 Å². The van der Waals surface area contributed by atoms with Gasteiger partial charge in [-0.05, 0) is 43.2 Å². The quantitative estimate of drug-likeness (QED) is 0.648. The van der Waals surface area contributed by atoms with E-state index in [4.69, 9.17) is 15.9 Å². The van der Waals surface area contributed by atoms with Crippen molar-refractivity contribution in [2.24, 2.45) is 5.73 Å². The summed E-state index contributed by atoms with van der Waals surface area (Å²) >= 11 is 0. The van der Waals surface area contributed by atoms with E-state index in [2.05, 4.69) is 0 Å². The van der Waals surface area contributed by atoms with Crippen LogP contribution in [-0.4, -0.2) is 5.84 Å². The third kappa shape index (κ3) is 3.13. The molecule has 0 saturated heterocycles. The number of nitrogens with two attached hydrogens (primary N) is 1. The van der Waals surface area contributed by atoms with Crippen LogP contribution >= 0.6 is 0 Å². The fourth-order valence-electron chi connectivity index (χ4n) is 2.01. The average Bonchev–Trinajstić information content (AvgIpc) is 2.39. The second-order valence-corrected chi connectivity index (χ2v) is 4.56. The Bertz CT molecular complexity index is 579. The summed E-state index contributed by atoms with van der Waals surface area (Å²) in [5.74, 6) is 0.874. The Morgan fingerprint density at radius 2 is 1.84 bits per heavy atom. The van der Waals surface area contributed by atoms with Crippen LogP contribution in [0.1, 0.15) is 29.7 Å². The standard InChI is InChI=1S/C16H18N2O/c1-11-10-14(8-9-15(11)16(17)18)19-12(2)13-6-4-3-5-7-13/h3-10,12H,1-2H3,(H3,17,18). The number of hydrogen-bond donors (Lipinski definition) is 2. The van der Waals surface area contributed by atoms with Crippen LogP contribution in [0, 0.1) is 12.3 Å². The van der Waals surface area contributed by atoms with Crippen LogP contribution in [0.4, 0.5) is 0 Å². The number of hydrogen-bond acceptors (Lipinski definition) is 2. The predicted molar refractivity (Wildman–Crippen MR) is 77.7 cm³/mol. The van der Waals surface area contributed by atoms with Crippen molar-refractivity contribution >= 4 is 5.84 Å². The summed E-state index contributed by atoms with van der Waals surface area (Å²) in [4.78, 5) is 0. The second-order valence-electron chi connectivity index (χ2n) is 4.56. The first-order valence-corrected chi connectivity index (χ1v) is 6.24. The molecular weight excluding hydrogens is 236 g/mol. The van der Waals surface area contributed by atoms with Gasteiger partial charge in [-0.1, -0.05) is 30.3 Å². The summed E-state index contributed by atoms with van der Waals surface area (Å²) < 4.78 is 5.90. The minimum Gasteiger partial charge on any atom is -0.486 e. The van der Waals surface area contributed by atoms with E-state index >= 15 is 0 Å². The molecule has 0 amide bonds. The van der Waals surface area contributed by atoms with Gasteiger partial charge in [-0.15, -0.1) is 0 Å². The molecule has 0 saturated carbocycles. The molecule has 0 fully saturated rings. The van der Waals surface area contributed by atoms with Gasteiger partial charge in [-0.2, -0.15) is 0 Å². The van der Waals surface area contributed by atoms with Crippen molar-refractivity contribution in [1.29, 1.82) is 5.41 Å². The Balaban J connectivity index is 2.16. The van der Waals surface area contributed by atoms with Gasteiger partial charge in [0.1, 0.15) is 17.7 Å². The van der Waals surface area contributed by atoms with E-state index in [-0.39, 0.29) is 11.9 Å². The molecule has 3 N–H and O–H groups in total. The summed E-state index contributed by atoms with van der Waals surface area (Å²) in [6.45, 7) is 3.94. The molecule has 98 valence electrons. The van der Waals surface area contributed by atoms with Gasteiger partial charge in [-0.3, -0.25) is 5.41 Å². The molecule has 3 heteroatoms. The molecule has 0 radical (unpaired) electrons. The van der Waals surface area contributed by atoms with Gasteiger partial charge in [0.15, 0.2) is 0 Å². The van der Waals surface area contributed by atoms with E-state index in [0.29, 0.717) is 0 Å². The second kappa shape index (κ2) is 5.57. The first kappa shape index (κ1) is 13.1. The number of amidine groups is 1. The van der Waals surface area contributed by atoms with Gasteiger partial charge >= 0.3 is 0 Å². The average molecular weight is 254 g/mol. The lowest BCUT2D eigenvalue weighted by atomic mass is 10.1. The van der Waals surface area contributed by atoms with Crippen LogP contribution in [0.3, 0.4) is 0 Å². The minimum atomic E-state index is -0.0104. The summed E-state index contributed by atoms with van der Waals surface area (Å²) in [6.07, 6.45) is -0.0104. The molecule has 1 unspecified atom stereocenters. The number of ether oxygens (including phenoxy) is 1. The first-order chi connectivity index (χ1) is 9.08. The molecule has 0 spiro atoms. The smallest absolute Gasteiger partial charge is 0.123 e. The lowest BCUT2D eigenvalue weighted by Crippen LogP contribution is -2.12. The molecule has 0 aromatic heterocycles. The molecule has 0 aliphatic heterocycles. The molecule has 0 bridgehead atoms.